The molecule has 0 amide bonds. The molecule has 2 rings (SSSR count). The molecule has 1 unspecified atom stereocenters. The van der Waals surface area contributed by atoms with Crippen LogP contribution in [0, 0.1) is 5.82 Å². The van der Waals surface area contributed by atoms with Crippen LogP contribution in [0.25, 0.3) is 0 Å². The molecule has 0 aliphatic heterocycles. The van der Waals surface area contributed by atoms with E-state index < -0.39 is 17.9 Å². The fourth-order valence-corrected chi connectivity index (χ4v) is 2.17. The van der Waals surface area contributed by atoms with E-state index in [1.165, 1.54) is 19.2 Å². The van der Waals surface area contributed by atoms with E-state index in [1.807, 2.05) is 0 Å². The summed E-state index contributed by atoms with van der Waals surface area (Å²) in [6.45, 7) is 0.939. The second-order valence-corrected chi connectivity index (χ2v) is 5.79. The molecule has 2 aromatic rings. The molecule has 0 heterocycles. The Bertz CT molecular complexity index is 748. The van der Waals surface area contributed by atoms with Crippen molar-refractivity contribution in [2.45, 2.75) is 6.10 Å². The average molecular weight is 430 g/mol. The number of benzene rings is 2. The second kappa shape index (κ2) is 13.6. The summed E-state index contributed by atoms with van der Waals surface area (Å²) in [4.78, 5) is 11.1. The van der Waals surface area contributed by atoms with Gasteiger partial charge in [0, 0.05) is 19.2 Å². The van der Waals surface area contributed by atoms with Crippen molar-refractivity contribution >= 4 is 18.4 Å². The van der Waals surface area contributed by atoms with Gasteiger partial charge in [-0.05, 0) is 24.3 Å². The van der Waals surface area contributed by atoms with Crippen LogP contribution in [-0.2, 0) is 9.53 Å². The fourth-order valence-electron chi connectivity index (χ4n) is 2.17. The lowest BCUT2D eigenvalue weighted by Gasteiger charge is -2.14. The summed E-state index contributed by atoms with van der Waals surface area (Å²) in [5, 5.41) is 12.9. The number of carbonyl (C=O) groups is 1. The Morgan fingerprint density at radius 2 is 1.83 bits per heavy atom. The van der Waals surface area contributed by atoms with Gasteiger partial charge in [0.1, 0.15) is 30.8 Å². The molecule has 29 heavy (non-hydrogen) atoms. The van der Waals surface area contributed by atoms with E-state index in [4.69, 9.17) is 14.2 Å². The molecule has 7 nitrogen and oxygen atoms in total. The molecule has 0 aliphatic carbocycles. The van der Waals surface area contributed by atoms with E-state index in [-0.39, 0.29) is 37.9 Å². The summed E-state index contributed by atoms with van der Waals surface area (Å²) >= 11 is 0. The van der Waals surface area contributed by atoms with Gasteiger partial charge in [0.15, 0.2) is 18.2 Å². The van der Waals surface area contributed by atoms with Gasteiger partial charge in [-0.1, -0.05) is 18.2 Å². The van der Waals surface area contributed by atoms with Crippen LogP contribution < -0.4 is 19.5 Å². The maximum atomic E-state index is 13.4. The molecule has 0 saturated heterocycles. The number of para-hydroxylation sites is 1. The number of aliphatic hydroxyl groups is 1. The molecule has 2 N–H and O–H groups in total. The normalized spacial score (nSPS) is 11.1. The number of halogens is 2. The SMILES string of the molecule is COC(=O)COc1cccc(OCCNCC(O)COc2ccccc2F)c1.Cl. The van der Waals surface area contributed by atoms with Gasteiger partial charge in [-0.3, -0.25) is 0 Å². The Morgan fingerprint density at radius 3 is 2.55 bits per heavy atom. The first-order valence-electron chi connectivity index (χ1n) is 8.77. The summed E-state index contributed by atoms with van der Waals surface area (Å²) < 4.78 is 34.0. The van der Waals surface area contributed by atoms with Gasteiger partial charge in [-0.15, -0.1) is 12.4 Å². The van der Waals surface area contributed by atoms with E-state index in [1.54, 1.807) is 36.4 Å². The number of carbonyl (C=O) groups excluding carboxylic acids is 1. The Balaban J connectivity index is 0.00000420. The highest BCUT2D eigenvalue weighted by atomic mass is 35.5. The van der Waals surface area contributed by atoms with Crippen molar-refractivity contribution < 1.29 is 33.2 Å². The molecular formula is C20H25ClFNO6. The van der Waals surface area contributed by atoms with Crippen molar-refractivity contribution in [3.8, 4) is 17.2 Å². The molecule has 0 saturated carbocycles. The number of hydrogen-bond donors (Lipinski definition) is 2. The highest BCUT2D eigenvalue weighted by Crippen LogP contribution is 2.19. The van der Waals surface area contributed by atoms with Crippen molar-refractivity contribution in [3.63, 3.8) is 0 Å². The molecular weight excluding hydrogens is 405 g/mol. The number of methoxy groups -OCH3 is 1. The quantitative estimate of drug-likeness (QED) is 0.395. The summed E-state index contributed by atoms with van der Waals surface area (Å²) in [6.07, 6.45) is -0.783. The molecule has 0 radical (unpaired) electrons. The molecule has 0 bridgehead atoms. The third-order valence-corrected chi connectivity index (χ3v) is 3.59. The predicted molar refractivity (Wildman–Crippen MR) is 107 cm³/mol. The van der Waals surface area contributed by atoms with E-state index in [0.717, 1.165) is 0 Å². The van der Waals surface area contributed by atoms with Gasteiger partial charge in [0.05, 0.1) is 7.11 Å². The molecule has 0 aromatic heterocycles. The predicted octanol–water partition coefficient (Wildman–Crippen LogP) is 2.21. The minimum absolute atomic E-state index is 0. The van der Waals surface area contributed by atoms with Crippen LogP contribution in [0.3, 0.4) is 0 Å². The number of ether oxygens (including phenoxy) is 4. The fraction of sp³-hybridized carbons (Fsp3) is 0.350. The number of rotatable bonds is 12. The van der Waals surface area contributed by atoms with Crippen LogP contribution in [0.15, 0.2) is 48.5 Å². The molecule has 9 heteroatoms. The molecule has 0 spiro atoms. The van der Waals surface area contributed by atoms with Gasteiger partial charge >= 0.3 is 5.97 Å². The van der Waals surface area contributed by atoms with Crippen molar-refractivity contribution in [1.29, 1.82) is 0 Å². The number of esters is 1. The number of hydrogen-bond acceptors (Lipinski definition) is 7. The van der Waals surface area contributed by atoms with E-state index in [2.05, 4.69) is 10.1 Å². The molecule has 0 aliphatic rings. The maximum absolute atomic E-state index is 13.4. The average Bonchev–Trinajstić information content (AvgIpc) is 2.71. The first-order chi connectivity index (χ1) is 13.6. The van der Waals surface area contributed by atoms with Crippen molar-refractivity contribution in [2.75, 3.05) is 40.0 Å². The lowest BCUT2D eigenvalue weighted by atomic mass is 10.3. The van der Waals surface area contributed by atoms with E-state index >= 15 is 0 Å². The molecule has 0 fully saturated rings. The number of nitrogens with one attached hydrogen (secondary N) is 1. The van der Waals surface area contributed by atoms with Crippen LogP contribution >= 0.6 is 12.4 Å². The highest BCUT2D eigenvalue weighted by Gasteiger charge is 2.08. The Morgan fingerprint density at radius 1 is 1.10 bits per heavy atom. The minimum Gasteiger partial charge on any atom is -0.492 e. The first kappa shape index (κ1) is 24.5. The molecule has 160 valence electrons. The van der Waals surface area contributed by atoms with Crippen LogP contribution in [-0.4, -0.2) is 57.2 Å². The standard InChI is InChI=1S/C20H24FNO6.ClH/c1-25-20(24)14-27-17-6-4-5-16(11-17)26-10-9-22-12-15(23)13-28-19-8-3-2-7-18(19)21;/h2-8,11,15,22-23H,9-10,12-14H2,1H3;1H. The molecule has 2 aromatic carbocycles. The van der Waals surface area contributed by atoms with Crippen molar-refractivity contribution in [3.05, 3.63) is 54.3 Å². The van der Waals surface area contributed by atoms with Gasteiger partial charge in [-0.25, -0.2) is 9.18 Å². The van der Waals surface area contributed by atoms with Gasteiger partial charge in [0.25, 0.3) is 0 Å². The van der Waals surface area contributed by atoms with E-state index in [9.17, 15) is 14.3 Å². The third-order valence-electron chi connectivity index (χ3n) is 3.59. The Kier molecular flexibility index (Phi) is 11.5. The zero-order valence-corrected chi connectivity index (χ0v) is 16.8. The summed E-state index contributed by atoms with van der Waals surface area (Å²) in [6, 6.07) is 12.9. The summed E-state index contributed by atoms with van der Waals surface area (Å²) in [7, 11) is 1.29. The van der Waals surface area contributed by atoms with Gasteiger partial charge < -0.3 is 29.4 Å². The van der Waals surface area contributed by atoms with Crippen LogP contribution in [0.5, 0.6) is 17.2 Å². The van der Waals surface area contributed by atoms with Crippen LogP contribution in [0.4, 0.5) is 4.39 Å². The second-order valence-electron chi connectivity index (χ2n) is 5.79. The zero-order chi connectivity index (χ0) is 20.2. The smallest absolute Gasteiger partial charge is 0.343 e. The Labute approximate surface area is 175 Å². The summed E-state index contributed by atoms with van der Waals surface area (Å²) in [5.41, 5.74) is 0. The Hall–Kier alpha value is -2.55. The minimum atomic E-state index is -0.783. The highest BCUT2D eigenvalue weighted by molar-refractivity contribution is 5.85. The monoisotopic (exact) mass is 429 g/mol. The number of aliphatic hydroxyl groups excluding tert-OH is 1. The van der Waals surface area contributed by atoms with Crippen LogP contribution in [0.1, 0.15) is 0 Å². The van der Waals surface area contributed by atoms with E-state index in [0.29, 0.717) is 24.7 Å². The topological polar surface area (TPSA) is 86.3 Å². The third kappa shape index (κ3) is 9.47. The van der Waals surface area contributed by atoms with Gasteiger partial charge in [0.2, 0.25) is 0 Å². The van der Waals surface area contributed by atoms with Crippen molar-refractivity contribution in [2.24, 2.45) is 0 Å². The zero-order valence-electron chi connectivity index (χ0n) is 16.0. The lowest BCUT2D eigenvalue weighted by Crippen LogP contribution is -2.33. The van der Waals surface area contributed by atoms with Crippen LogP contribution in [0.2, 0.25) is 0 Å². The molecule has 1 atom stereocenters. The largest absolute Gasteiger partial charge is 0.492 e. The maximum Gasteiger partial charge on any atom is 0.343 e. The lowest BCUT2D eigenvalue weighted by molar-refractivity contribution is -0.142. The van der Waals surface area contributed by atoms with Crippen molar-refractivity contribution in [1.82, 2.24) is 5.32 Å². The van der Waals surface area contributed by atoms with Gasteiger partial charge in [-0.2, -0.15) is 0 Å². The summed E-state index contributed by atoms with van der Waals surface area (Å²) in [5.74, 6) is 0.269. The first-order valence-corrected chi connectivity index (χ1v) is 8.77.